The standard InChI is InChI=1S/C25H24ClF2N5O3/c1-14(25(2,27)28)35-24(34)33-16-4-5-17(33)11-18(10-16)36-23-19-7-8-32(22(19)30-13-31-23)21-6-3-15(12-29)9-20(21)26/h3,6-9,13-14,16-18H,4-5,10-11H2,1-2H3/t14?,16-,17-/m0/s1. The first-order chi connectivity index (χ1) is 17.2. The van der Waals surface area contributed by atoms with Gasteiger partial charge in [0.25, 0.3) is 5.92 Å². The second-order valence-electron chi connectivity index (χ2n) is 9.37. The Morgan fingerprint density at radius 2 is 1.97 bits per heavy atom. The number of aromatic nitrogens is 3. The van der Waals surface area contributed by atoms with Crippen LogP contribution in [0, 0.1) is 11.3 Å². The van der Waals surface area contributed by atoms with Crippen LogP contribution in [0.15, 0.2) is 36.8 Å². The molecule has 188 valence electrons. The number of hydrogen-bond donors (Lipinski definition) is 0. The fraction of sp³-hybridized carbons (Fsp3) is 0.440. The molecule has 3 atom stereocenters. The van der Waals surface area contributed by atoms with Crippen molar-refractivity contribution in [2.75, 3.05) is 0 Å². The number of nitrogens with zero attached hydrogens (tertiary/aromatic N) is 5. The summed E-state index contributed by atoms with van der Waals surface area (Å²) in [5, 5.41) is 10.2. The predicted octanol–water partition coefficient (Wildman–Crippen LogP) is 5.50. The molecule has 2 aliphatic heterocycles. The minimum absolute atomic E-state index is 0.140. The van der Waals surface area contributed by atoms with E-state index >= 15 is 0 Å². The third kappa shape index (κ3) is 4.44. The van der Waals surface area contributed by atoms with Crippen LogP contribution in [0.5, 0.6) is 5.88 Å². The van der Waals surface area contributed by atoms with Gasteiger partial charge >= 0.3 is 6.09 Å². The summed E-state index contributed by atoms with van der Waals surface area (Å²) in [6, 6.07) is 8.66. The fourth-order valence-electron chi connectivity index (χ4n) is 4.98. The fourth-order valence-corrected chi connectivity index (χ4v) is 5.25. The van der Waals surface area contributed by atoms with Crippen molar-refractivity contribution < 1.29 is 23.0 Å². The van der Waals surface area contributed by atoms with Gasteiger partial charge in [0.15, 0.2) is 11.8 Å². The topological polar surface area (TPSA) is 93.3 Å². The number of alkyl halides is 2. The van der Waals surface area contributed by atoms with Gasteiger partial charge in [-0.25, -0.2) is 23.5 Å². The molecule has 11 heteroatoms. The van der Waals surface area contributed by atoms with E-state index in [1.54, 1.807) is 27.7 Å². The van der Waals surface area contributed by atoms with Crippen LogP contribution in [0.3, 0.4) is 0 Å². The van der Waals surface area contributed by atoms with Gasteiger partial charge in [-0.05, 0) is 44.0 Å². The lowest BCUT2D eigenvalue weighted by Gasteiger charge is -2.38. The van der Waals surface area contributed by atoms with Crippen LogP contribution in [0.2, 0.25) is 5.02 Å². The van der Waals surface area contributed by atoms with Gasteiger partial charge in [0.1, 0.15) is 12.4 Å². The SMILES string of the molecule is CC(OC(=O)N1[C@H]2CC[C@H]1CC(Oc1ncnc3c1ccn3-c1ccc(C#N)cc1Cl)C2)C(C)(F)F. The van der Waals surface area contributed by atoms with Crippen molar-refractivity contribution >= 4 is 28.7 Å². The summed E-state index contributed by atoms with van der Waals surface area (Å²) in [4.78, 5) is 23.0. The zero-order valence-corrected chi connectivity index (χ0v) is 20.5. The van der Waals surface area contributed by atoms with Crippen LogP contribution in [0.4, 0.5) is 13.6 Å². The Bertz CT molecular complexity index is 1340. The number of halogens is 3. The summed E-state index contributed by atoms with van der Waals surface area (Å²) >= 11 is 6.40. The summed E-state index contributed by atoms with van der Waals surface area (Å²) in [5.41, 5.74) is 1.73. The highest BCUT2D eigenvalue weighted by Crippen LogP contribution is 2.39. The van der Waals surface area contributed by atoms with E-state index in [0.717, 1.165) is 19.8 Å². The largest absolute Gasteiger partial charge is 0.474 e. The van der Waals surface area contributed by atoms with Gasteiger partial charge < -0.3 is 14.4 Å². The number of piperidine rings is 1. The smallest absolute Gasteiger partial charge is 0.410 e. The monoisotopic (exact) mass is 515 g/mol. The van der Waals surface area contributed by atoms with E-state index in [2.05, 4.69) is 16.0 Å². The van der Waals surface area contributed by atoms with Crippen LogP contribution >= 0.6 is 11.6 Å². The van der Waals surface area contributed by atoms with Crippen LogP contribution in [-0.4, -0.2) is 55.7 Å². The number of benzene rings is 1. The lowest BCUT2D eigenvalue weighted by atomic mass is 10.0. The lowest BCUT2D eigenvalue weighted by Crippen LogP contribution is -2.51. The summed E-state index contributed by atoms with van der Waals surface area (Å²) in [6.07, 6.45) is 3.47. The first-order valence-electron chi connectivity index (χ1n) is 11.7. The molecular weight excluding hydrogens is 492 g/mol. The van der Waals surface area contributed by atoms with Crippen LogP contribution in [0.25, 0.3) is 16.7 Å². The molecule has 1 aromatic carbocycles. The van der Waals surface area contributed by atoms with E-state index in [1.165, 1.54) is 13.3 Å². The van der Waals surface area contributed by atoms with E-state index < -0.39 is 18.1 Å². The van der Waals surface area contributed by atoms with Crippen LogP contribution < -0.4 is 4.74 Å². The maximum atomic E-state index is 13.5. The molecule has 0 saturated carbocycles. The van der Waals surface area contributed by atoms with Gasteiger partial charge in [-0.15, -0.1) is 0 Å². The van der Waals surface area contributed by atoms with Crippen molar-refractivity contribution in [1.82, 2.24) is 19.4 Å². The minimum Gasteiger partial charge on any atom is -0.474 e. The quantitative estimate of drug-likeness (QED) is 0.445. The van der Waals surface area contributed by atoms with E-state index in [1.807, 2.05) is 12.3 Å². The van der Waals surface area contributed by atoms with Gasteiger partial charge in [0.05, 0.1) is 27.7 Å². The molecule has 1 unspecified atom stereocenters. The molecule has 2 bridgehead atoms. The third-order valence-electron chi connectivity index (χ3n) is 6.95. The molecule has 5 rings (SSSR count). The van der Waals surface area contributed by atoms with Crippen molar-refractivity contribution in [2.24, 2.45) is 0 Å². The zero-order chi connectivity index (χ0) is 25.6. The first kappa shape index (κ1) is 24.3. The Kier molecular flexibility index (Phi) is 6.20. The molecule has 2 aromatic heterocycles. The Morgan fingerprint density at radius 3 is 2.61 bits per heavy atom. The molecular formula is C25H24ClF2N5O3. The van der Waals surface area contributed by atoms with E-state index in [9.17, 15) is 13.6 Å². The van der Waals surface area contributed by atoms with E-state index in [-0.39, 0.29) is 18.2 Å². The van der Waals surface area contributed by atoms with Crippen molar-refractivity contribution in [3.05, 3.63) is 47.4 Å². The second kappa shape index (κ2) is 9.21. The normalized spacial score (nSPS) is 22.3. The number of nitriles is 1. The van der Waals surface area contributed by atoms with E-state index in [0.29, 0.717) is 46.0 Å². The number of carbonyl (C=O) groups is 1. The molecule has 2 fully saturated rings. The van der Waals surface area contributed by atoms with Gasteiger partial charge in [0.2, 0.25) is 5.88 Å². The maximum absolute atomic E-state index is 13.5. The molecule has 0 N–H and O–H groups in total. The Morgan fingerprint density at radius 1 is 1.25 bits per heavy atom. The van der Waals surface area contributed by atoms with Crippen LogP contribution in [0.1, 0.15) is 45.1 Å². The Balaban J connectivity index is 1.33. The molecule has 2 aliphatic rings. The first-order valence-corrected chi connectivity index (χ1v) is 12.1. The van der Waals surface area contributed by atoms with Gasteiger partial charge in [0, 0.05) is 38.0 Å². The highest BCUT2D eigenvalue weighted by molar-refractivity contribution is 6.32. The molecule has 36 heavy (non-hydrogen) atoms. The highest BCUT2D eigenvalue weighted by atomic mass is 35.5. The lowest BCUT2D eigenvalue weighted by molar-refractivity contribution is -0.0989. The summed E-state index contributed by atoms with van der Waals surface area (Å²) in [7, 11) is 0. The number of fused-ring (bicyclic) bond motifs is 3. The maximum Gasteiger partial charge on any atom is 0.410 e. The molecule has 4 heterocycles. The number of rotatable bonds is 5. The molecule has 8 nitrogen and oxygen atoms in total. The Labute approximate surface area is 211 Å². The molecule has 0 spiro atoms. The van der Waals surface area contributed by atoms with Crippen molar-refractivity contribution in [3.63, 3.8) is 0 Å². The van der Waals surface area contributed by atoms with Gasteiger partial charge in [-0.3, -0.25) is 4.57 Å². The van der Waals surface area contributed by atoms with Crippen molar-refractivity contribution in [1.29, 1.82) is 5.26 Å². The number of amides is 1. The van der Waals surface area contributed by atoms with Gasteiger partial charge in [-0.1, -0.05) is 11.6 Å². The summed E-state index contributed by atoms with van der Waals surface area (Å²) < 4.78 is 40.2. The summed E-state index contributed by atoms with van der Waals surface area (Å²) in [6.45, 7) is 1.94. The molecule has 2 saturated heterocycles. The molecule has 0 radical (unpaired) electrons. The van der Waals surface area contributed by atoms with Crippen LogP contribution in [-0.2, 0) is 4.74 Å². The second-order valence-corrected chi connectivity index (χ2v) is 9.77. The zero-order valence-electron chi connectivity index (χ0n) is 19.7. The highest BCUT2D eigenvalue weighted by Gasteiger charge is 2.46. The minimum atomic E-state index is -3.10. The van der Waals surface area contributed by atoms with Crippen molar-refractivity contribution in [2.45, 2.75) is 69.7 Å². The Hall–Kier alpha value is -3.45. The third-order valence-corrected chi connectivity index (χ3v) is 7.25. The average molecular weight is 516 g/mol. The number of hydrogen-bond acceptors (Lipinski definition) is 6. The van der Waals surface area contributed by atoms with Gasteiger partial charge in [-0.2, -0.15) is 5.26 Å². The predicted molar refractivity (Wildman–Crippen MR) is 127 cm³/mol. The molecule has 0 aliphatic carbocycles. The molecule has 3 aromatic rings. The van der Waals surface area contributed by atoms with Crippen molar-refractivity contribution in [3.8, 4) is 17.6 Å². The number of ether oxygens (including phenoxy) is 2. The van der Waals surface area contributed by atoms with E-state index in [4.69, 9.17) is 26.3 Å². The number of carbonyl (C=O) groups excluding carboxylic acids is 1. The molecule has 1 amide bonds. The summed E-state index contributed by atoms with van der Waals surface area (Å²) in [5.74, 6) is -2.68. The average Bonchev–Trinajstić information content (AvgIpc) is 3.37.